The molecule has 3 aromatic rings. The Morgan fingerprint density at radius 2 is 2.00 bits per heavy atom. The molecule has 0 atom stereocenters. The van der Waals surface area contributed by atoms with Crippen molar-refractivity contribution in [2.75, 3.05) is 5.32 Å². The fourth-order valence-electron chi connectivity index (χ4n) is 2.18. The normalized spacial score (nSPS) is 10.8. The monoisotopic (exact) mass is 281 g/mol. The molecule has 1 amide bonds. The number of carbonyl (C=O) groups is 1. The number of hydrogen-bond donors (Lipinski definition) is 1. The first kappa shape index (κ1) is 13.2. The van der Waals surface area contributed by atoms with Gasteiger partial charge in [0, 0.05) is 24.3 Å². The summed E-state index contributed by atoms with van der Waals surface area (Å²) in [6, 6.07) is 5.44. The van der Waals surface area contributed by atoms with E-state index in [1.54, 1.807) is 23.1 Å². The Labute approximate surface area is 121 Å². The number of fused-ring (bicyclic) bond motifs is 1. The van der Waals surface area contributed by atoms with Crippen LogP contribution in [0.2, 0.25) is 0 Å². The van der Waals surface area contributed by atoms with Gasteiger partial charge in [-0.15, -0.1) is 0 Å². The molecule has 0 aliphatic heterocycles. The zero-order valence-electron chi connectivity index (χ0n) is 12.1. The zero-order valence-corrected chi connectivity index (χ0v) is 12.1. The quantitative estimate of drug-likeness (QED) is 0.781. The molecule has 0 aromatic carbocycles. The fourth-order valence-corrected chi connectivity index (χ4v) is 2.18. The molecule has 0 aliphatic rings. The summed E-state index contributed by atoms with van der Waals surface area (Å²) in [4.78, 5) is 20.6. The second kappa shape index (κ2) is 4.97. The van der Waals surface area contributed by atoms with E-state index < -0.39 is 0 Å². The minimum atomic E-state index is -0.204. The Morgan fingerprint density at radius 1 is 1.19 bits per heavy atom. The lowest BCUT2D eigenvalue weighted by atomic mass is 10.2. The highest BCUT2D eigenvalue weighted by molar-refractivity contribution is 6.04. The molecule has 0 saturated heterocycles. The number of rotatable bonds is 2. The van der Waals surface area contributed by atoms with Crippen LogP contribution in [0, 0.1) is 13.8 Å². The van der Waals surface area contributed by atoms with Crippen molar-refractivity contribution in [2.24, 2.45) is 7.05 Å². The number of nitrogens with zero attached hydrogens (tertiary/aromatic N) is 4. The van der Waals surface area contributed by atoms with Crippen molar-refractivity contribution in [3.05, 3.63) is 47.5 Å². The minimum Gasteiger partial charge on any atom is -0.321 e. The highest BCUT2D eigenvalue weighted by Crippen LogP contribution is 2.19. The summed E-state index contributed by atoms with van der Waals surface area (Å²) in [5, 5.41) is 8.07. The van der Waals surface area contributed by atoms with Crippen molar-refractivity contribution in [3.63, 3.8) is 0 Å². The Bertz CT molecular complexity index is 820. The summed E-state index contributed by atoms with van der Waals surface area (Å²) < 4.78 is 1.72. The second-order valence-corrected chi connectivity index (χ2v) is 4.95. The Kier molecular flexibility index (Phi) is 3.13. The Morgan fingerprint density at radius 3 is 2.71 bits per heavy atom. The molecule has 6 nitrogen and oxygen atoms in total. The van der Waals surface area contributed by atoms with E-state index in [9.17, 15) is 4.79 Å². The lowest BCUT2D eigenvalue weighted by Gasteiger charge is -2.05. The van der Waals surface area contributed by atoms with Crippen molar-refractivity contribution < 1.29 is 4.79 Å². The van der Waals surface area contributed by atoms with Gasteiger partial charge in [0.15, 0.2) is 5.65 Å². The molecule has 0 aliphatic carbocycles. The first-order valence-corrected chi connectivity index (χ1v) is 6.58. The van der Waals surface area contributed by atoms with Crippen LogP contribution in [0.3, 0.4) is 0 Å². The van der Waals surface area contributed by atoms with Crippen LogP contribution in [-0.4, -0.2) is 25.7 Å². The largest absolute Gasteiger partial charge is 0.321 e. The van der Waals surface area contributed by atoms with Crippen LogP contribution >= 0.6 is 0 Å². The van der Waals surface area contributed by atoms with E-state index in [0.29, 0.717) is 11.3 Å². The second-order valence-electron chi connectivity index (χ2n) is 4.95. The van der Waals surface area contributed by atoms with Gasteiger partial charge in [0.25, 0.3) is 5.91 Å². The smallest absolute Gasteiger partial charge is 0.257 e. The maximum Gasteiger partial charge on any atom is 0.257 e. The summed E-state index contributed by atoms with van der Waals surface area (Å²) in [6.07, 6.45) is 3.19. The van der Waals surface area contributed by atoms with Crippen LogP contribution in [0.4, 0.5) is 5.69 Å². The van der Waals surface area contributed by atoms with Crippen LogP contribution in [0.1, 0.15) is 21.7 Å². The van der Waals surface area contributed by atoms with Gasteiger partial charge >= 0.3 is 0 Å². The average Bonchev–Trinajstić information content (AvgIpc) is 2.74. The van der Waals surface area contributed by atoms with Crippen molar-refractivity contribution in [1.82, 2.24) is 19.7 Å². The van der Waals surface area contributed by atoms with Gasteiger partial charge in [0.2, 0.25) is 0 Å². The number of pyridine rings is 2. The molecule has 0 bridgehead atoms. The molecule has 6 heteroatoms. The lowest BCUT2D eigenvalue weighted by molar-refractivity contribution is 0.102. The van der Waals surface area contributed by atoms with Gasteiger partial charge in [0.1, 0.15) is 0 Å². The van der Waals surface area contributed by atoms with E-state index in [-0.39, 0.29) is 5.91 Å². The van der Waals surface area contributed by atoms with Gasteiger partial charge in [-0.1, -0.05) is 0 Å². The van der Waals surface area contributed by atoms with E-state index in [2.05, 4.69) is 20.4 Å². The van der Waals surface area contributed by atoms with Gasteiger partial charge in [-0.3, -0.25) is 14.5 Å². The van der Waals surface area contributed by atoms with Gasteiger partial charge < -0.3 is 5.32 Å². The Balaban J connectivity index is 1.89. The zero-order chi connectivity index (χ0) is 15.0. The van der Waals surface area contributed by atoms with E-state index in [0.717, 1.165) is 22.4 Å². The van der Waals surface area contributed by atoms with Crippen molar-refractivity contribution in [2.45, 2.75) is 13.8 Å². The SMILES string of the molecule is Cc1ccc(C(=O)Nc2cnc3c(c2)c(C)nn3C)cn1. The van der Waals surface area contributed by atoms with E-state index in [4.69, 9.17) is 0 Å². The molecule has 3 aromatic heterocycles. The summed E-state index contributed by atoms with van der Waals surface area (Å²) in [5.41, 5.74) is 3.71. The van der Waals surface area contributed by atoms with E-state index in [1.807, 2.05) is 33.0 Å². The summed E-state index contributed by atoms with van der Waals surface area (Å²) in [7, 11) is 1.85. The molecule has 0 fully saturated rings. The number of anilines is 1. The number of carbonyl (C=O) groups excluding carboxylic acids is 1. The summed E-state index contributed by atoms with van der Waals surface area (Å²) in [6.45, 7) is 3.80. The summed E-state index contributed by atoms with van der Waals surface area (Å²) in [5.74, 6) is -0.204. The van der Waals surface area contributed by atoms with Gasteiger partial charge in [0.05, 0.1) is 23.1 Å². The topological polar surface area (TPSA) is 72.7 Å². The van der Waals surface area contributed by atoms with Crippen LogP contribution in [-0.2, 0) is 7.05 Å². The first-order chi connectivity index (χ1) is 10.0. The van der Waals surface area contributed by atoms with Gasteiger partial charge in [-0.25, -0.2) is 4.98 Å². The van der Waals surface area contributed by atoms with E-state index >= 15 is 0 Å². The van der Waals surface area contributed by atoms with Crippen LogP contribution in [0.5, 0.6) is 0 Å². The van der Waals surface area contributed by atoms with Crippen LogP contribution in [0.25, 0.3) is 11.0 Å². The minimum absolute atomic E-state index is 0.204. The molecule has 106 valence electrons. The molecule has 0 radical (unpaired) electrons. The van der Waals surface area contributed by atoms with Crippen molar-refractivity contribution in [1.29, 1.82) is 0 Å². The molecule has 0 spiro atoms. The van der Waals surface area contributed by atoms with Gasteiger partial charge in [-0.2, -0.15) is 5.10 Å². The molecule has 21 heavy (non-hydrogen) atoms. The molecular weight excluding hydrogens is 266 g/mol. The number of nitrogens with one attached hydrogen (secondary N) is 1. The number of hydrogen-bond acceptors (Lipinski definition) is 4. The third-order valence-electron chi connectivity index (χ3n) is 3.29. The highest BCUT2D eigenvalue weighted by Gasteiger charge is 2.10. The highest BCUT2D eigenvalue weighted by atomic mass is 16.1. The van der Waals surface area contributed by atoms with E-state index in [1.165, 1.54) is 0 Å². The fraction of sp³-hybridized carbons (Fsp3) is 0.200. The van der Waals surface area contributed by atoms with Crippen LogP contribution in [0.15, 0.2) is 30.6 Å². The molecule has 3 rings (SSSR count). The first-order valence-electron chi connectivity index (χ1n) is 6.58. The average molecular weight is 281 g/mol. The standard InChI is InChI=1S/C15H15N5O/c1-9-4-5-11(7-16-9)15(21)18-12-6-13-10(2)19-20(3)14(13)17-8-12/h4-8H,1-3H3,(H,18,21). The Hall–Kier alpha value is -2.76. The number of amides is 1. The molecule has 0 saturated carbocycles. The third-order valence-corrected chi connectivity index (χ3v) is 3.29. The van der Waals surface area contributed by atoms with Crippen molar-refractivity contribution >= 4 is 22.6 Å². The molecular formula is C15H15N5O. The molecule has 0 unspecified atom stereocenters. The lowest BCUT2D eigenvalue weighted by Crippen LogP contribution is -2.12. The van der Waals surface area contributed by atoms with Gasteiger partial charge in [-0.05, 0) is 32.0 Å². The summed E-state index contributed by atoms with van der Waals surface area (Å²) >= 11 is 0. The maximum absolute atomic E-state index is 12.2. The molecule has 1 N–H and O–H groups in total. The maximum atomic E-state index is 12.2. The van der Waals surface area contributed by atoms with Crippen molar-refractivity contribution in [3.8, 4) is 0 Å². The predicted molar refractivity (Wildman–Crippen MR) is 80.2 cm³/mol. The number of aryl methyl sites for hydroxylation is 3. The predicted octanol–water partition coefficient (Wildman–Crippen LogP) is 2.23. The number of aromatic nitrogens is 4. The molecule has 3 heterocycles. The third kappa shape index (κ3) is 2.47. The van der Waals surface area contributed by atoms with Crippen LogP contribution < -0.4 is 5.32 Å².